The predicted molar refractivity (Wildman–Crippen MR) is 146 cm³/mol. The molecule has 2 amide bonds. The molecule has 0 aromatic carbocycles. The number of esters is 1. The van der Waals surface area contributed by atoms with E-state index in [0.717, 1.165) is 12.8 Å². The number of nitrogens with zero attached hydrogens (tertiary/aromatic N) is 2. The van der Waals surface area contributed by atoms with E-state index in [1.165, 1.54) is 0 Å². The minimum Gasteiger partial charge on any atom is -0.465 e. The molecule has 0 bridgehead atoms. The summed E-state index contributed by atoms with van der Waals surface area (Å²) in [5, 5.41) is 10.3. The van der Waals surface area contributed by atoms with Crippen LogP contribution in [0, 0.1) is 23.2 Å². The second kappa shape index (κ2) is 10.1. The van der Waals surface area contributed by atoms with Gasteiger partial charge in [-0.25, -0.2) is 0 Å². The third kappa shape index (κ3) is 4.77. The van der Waals surface area contributed by atoms with Gasteiger partial charge in [0.15, 0.2) is 0 Å². The first-order chi connectivity index (χ1) is 17.3. The highest BCUT2D eigenvalue weighted by Crippen LogP contribution is 2.61. The lowest BCUT2D eigenvalue weighted by Gasteiger charge is -2.46. The maximum atomic E-state index is 14.7. The number of cyclic esters (lactones) is 1. The van der Waals surface area contributed by atoms with Gasteiger partial charge >= 0.3 is 5.97 Å². The molecule has 7 atom stereocenters. The molecule has 1 spiro atoms. The first-order valence-electron chi connectivity index (χ1n) is 13.7. The maximum absolute atomic E-state index is 14.7. The number of rotatable bonds is 6. The summed E-state index contributed by atoms with van der Waals surface area (Å²) in [6.45, 7) is 15.2. The highest BCUT2D eigenvalue weighted by molar-refractivity contribution is 8.02. The molecule has 0 aromatic rings. The summed E-state index contributed by atoms with van der Waals surface area (Å²) in [6, 6.07) is -1.30. The van der Waals surface area contributed by atoms with Crippen LogP contribution in [0.4, 0.5) is 0 Å². The molecule has 1 N–H and O–H groups in total. The van der Waals surface area contributed by atoms with E-state index in [9.17, 15) is 19.5 Å². The minimum atomic E-state index is -0.898. The quantitative estimate of drug-likeness (QED) is 0.414. The normalized spacial score (nSPS) is 33.8. The van der Waals surface area contributed by atoms with Crippen LogP contribution in [0.1, 0.15) is 67.7 Å². The molecule has 4 aliphatic rings. The molecule has 4 aliphatic heterocycles. The van der Waals surface area contributed by atoms with Crippen LogP contribution >= 0.6 is 11.8 Å². The fourth-order valence-corrected chi connectivity index (χ4v) is 9.14. The highest BCUT2D eigenvalue weighted by atomic mass is 32.2. The van der Waals surface area contributed by atoms with Crippen LogP contribution in [0.3, 0.4) is 0 Å². The van der Waals surface area contributed by atoms with Crippen LogP contribution in [0.15, 0.2) is 24.3 Å². The van der Waals surface area contributed by atoms with Gasteiger partial charge in [0.25, 0.3) is 0 Å². The summed E-state index contributed by atoms with van der Waals surface area (Å²) in [5.41, 5.74) is -0.454. The Labute approximate surface area is 226 Å². The van der Waals surface area contributed by atoms with Crippen molar-refractivity contribution in [2.45, 2.75) is 95.3 Å². The fourth-order valence-electron chi connectivity index (χ4n) is 7.16. The molecule has 0 aromatic heterocycles. The fraction of sp³-hybridized carbons (Fsp3) is 0.759. The molecule has 4 rings (SSSR count). The molecule has 206 valence electrons. The standard InChI is InChI=1S/C29H44N2O5S/c1-8-18(2)19(16-32)31-23-25(34)30(28(6,7)17-27(3,4)5)14-11-13-29(23)22(24(31)33)21-20(37-29)12-9-10-15-36-26(21)35/h9,11-13,18-23,32H,8,10,14-17H2,1-7H3/t18-,19-,20-,21+,22-,23?,29-/m0/s1. The third-order valence-electron chi connectivity index (χ3n) is 8.60. The first-order valence-corrected chi connectivity index (χ1v) is 14.6. The number of aliphatic hydroxyl groups excluding tert-OH is 1. The topological polar surface area (TPSA) is 87.2 Å². The van der Waals surface area contributed by atoms with Crippen molar-refractivity contribution in [2.24, 2.45) is 23.2 Å². The molecule has 4 heterocycles. The Morgan fingerprint density at radius 2 is 1.86 bits per heavy atom. The smallest absolute Gasteiger partial charge is 0.311 e. The molecule has 2 saturated heterocycles. The van der Waals surface area contributed by atoms with Crippen LogP contribution < -0.4 is 0 Å². The summed E-state index contributed by atoms with van der Waals surface area (Å²) >= 11 is 1.55. The predicted octanol–water partition coefficient (Wildman–Crippen LogP) is 3.81. The lowest BCUT2D eigenvalue weighted by atomic mass is 9.78. The number of amides is 2. The van der Waals surface area contributed by atoms with Gasteiger partial charge in [-0.05, 0) is 38.0 Å². The number of likely N-dealkylation sites (tertiary alicyclic amines) is 1. The van der Waals surface area contributed by atoms with E-state index in [2.05, 4.69) is 34.6 Å². The van der Waals surface area contributed by atoms with Gasteiger partial charge in [-0.2, -0.15) is 0 Å². The van der Waals surface area contributed by atoms with Gasteiger partial charge in [0, 0.05) is 17.3 Å². The Balaban J connectivity index is 1.87. The van der Waals surface area contributed by atoms with Crippen LogP contribution in [-0.2, 0) is 19.1 Å². The van der Waals surface area contributed by atoms with Crippen molar-refractivity contribution < 1.29 is 24.2 Å². The van der Waals surface area contributed by atoms with Crippen LogP contribution in [-0.4, -0.2) is 80.1 Å². The second-order valence-corrected chi connectivity index (χ2v) is 14.5. The number of carbonyl (C=O) groups is 3. The van der Waals surface area contributed by atoms with Crippen molar-refractivity contribution in [2.75, 3.05) is 19.8 Å². The summed E-state index contributed by atoms with van der Waals surface area (Å²) in [6.07, 6.45) is 10.3. The average molecular weight is 533 g/mol. The van der Waals surface area contributed by atoms with E-state index in [-0.39, 0.29) is 41.0 Å². The Kier molecular flexibility index (Phi) is 7.67. The van der Waals surface area contributed by atoms with Gasteiger partial charge in [-0.1, -0.05) is 65.3 Å². The van der Waals surface area contributed by atoms with E-state index in [1.54, 1.807) is 16.7 Å². The Morgan fingerprint density at radius 1 is 1.16 bits per heavy atom. The molecule has 0 radical (unpaired) electrons. The zero-order valence-corrected chi connectivity index (χ0v) is 24.2. The lowest BCUT2D eigenvalue weighted by Crippen LogP contribution is -2.61. The van der Waals surface area contributed by atoms with E-state index >= 15 is 0 Å². The van der Waals surface area contributed by atoms with Gasteiger partial charge in [0.05, 0.1) is 35.8 Å². The summed E-state index contributed by atoms with van der Waals surface area (Å²) in [4.78, 5) is 45.9. The van der Waals surface area contributed by atoms with E-state index < -0.39 is 34.2 Å². The molecule has 8 heteroatoms. The number of fused-ring (bicyclic) bond motifs is 2. The zero-order valence-electron chi connectivity index (χ0n) is 23.4. The molecule has 0 aliphatic carbocycles. The first kappa shape index (κ1) is 28.2. The Morgan fingerprint density at radius 3 is 2.49 bits per heavy atom. The number of carbonyl (C=O) groups excluding carboxylic acids is 3. The lowest BCUT2D eigenvalue weighted by molar-refractivity contribution is -0.154. The molecular formula is C29H44N2O5S. The molecule has 37 heavy (non-hydrogen) atoms. The van der Waals surface area contributed by atoms with Gasteiger partial charge in [0.1, 0.15) is 6.04 Å². The summed E-state index contributed by atoms with van der Waals surface area (Å²) in [7, 11) is 0. The Bertz CT molecular complexity index is 985. The molecular weight excluding hydrogens is 488 g/mol. The van der Waals surface area contributed by atoms with Crippen molar-refractivity contribution >= 4 is 29.5 Å². The third-order valence-corrected chi connectivity index (χ3v) is 10.3. The van der Waals surface area contributed by atoms with Crippen molar-refractivity contribution in [3.05, 3.63) is 24.3 Å². The number of hydrogen-bond acceptors (Lipinski definition) is 6. The molecule has 2 fully saturated rings. The van der Waals surface area contributed by atoms with Gasteiger partial charge < -0.3 is 19.6 Å². The zero-order chi connectivity index (χ0) is 27.3. The number of hydrogen-bond donors (Lipinski definition) is 1. The number of thioether (sulfide) groups is 1. The SMILES string of the molecule is CC[C@H](C)[C@H](CO)N1C(=O)[C@@H]2[C@@H]3C(=O)OCCC=C[C@@H]3S[C@@]23C=CCN(C(C)(C)CC(C)(C)C)C(=O)C13. The van der Waals surface area contributed by atoms with Crippen LogP contribution in [0.2, 0.25) is 0 Å². The van der Waals surface area contributed by atoms with E-state index in [4.69, 9.17) is 4.74 Å². The largest absolute Gasteiger partial charge is 0.465 e. The number of aliphatic hydroxyl groups is 1. The van der Waals surface area contributed by atoms with Crippen molar-refractivity contribution in [1.82, 2.24) is 9.80 Å². The highest BCUT2D eigenvalue weighted by Gasteiger charge is 2.72. The van der Waals surface area contributed by atoms with Crippen LogP contribution in [0.5, 0.6) is 0 Å². The molecule has 7 nitrogen and oxygen atoms in total. The van der Waals surface area contributed by atoms with Crippen molar-refractivity contribution in [3.63, 3.8) is 0 Å². The summed E-state index contributed by atoms with van der Waals surface area (Å²) in [5.74, 6) is -2.07. The monoisotopic (exact) mass is 532 g/mol. The van der Waals surface area contributed by atoms with E-state index in [1.807, 2.05) is 43.1 Å². The summed E-state index contributed by atoms with van der Waals surface area (Å²) < 4.78 is 4.67. The van der Waals surface area contributed by atoms with Gasteiger partial charge in [-0.3, -0.25) is 14.4 Å². The van der Waals surface area contributed by atoms with Crippen molar-refractivity contribution in [1.29, 1.82) is 0 Å². The minimum absolute atomic E-state index is 0.00232. The average Bonchev–Trinajstić information content (AvgIpc) is 3.16. The number of ether oxygens (including phenoxy) is 1. The van der Waals surface area contributed by atoms with Gasteiger partial charge in [0.2, 0.25) is 11.8 Å². The van der Waals surface area contributed by atoms with Crippen LogP contribution in [0.25, 0.3) is 0 Å². The van der Waals surface area contributed by atoms with Gasteiger partial charge in [-0.15, -0.1) is 11.8 Å². The molecule has 0 saturated carbocycles. The molecule has 1 unspecified atom stereocenters. The second-order valence-electron chi connectivity index (χ2n) is 13.0. The maximum Gasteiger partial charge on any atom is 0.311 e. The Hall–Kier alpha value is -1.80. The van der Waals surface area contributed by atoms with E-state index in [0.29, 0.717) is 19.6 Å². The van der Waals surface area contributed by atoms with Crippen molar-refractivity contribution in [3.8, 4) is 0 Å².